The molecule has 0 spiro atoms. The molecule has 0 radical (unpaired) electrons. The van der Waals surface area contributed by atoms with Gasteiger partial charge in [0.15, 0.2) is 5.82 Å². The standard InChI is InChI=1S/C19H15N3O3/c1-2-25-15-6-7-17-16(10-15)19(24)22-18(21-17)13(11-20)8-12-4-3-5-14(23)9-12/h3-10,23H,2H2,1H3,(H,21,22,24). The van der Waals surface area contributed by atoms with E-state index in [1.807, 2.05) is 13.0 Å². The van der Waals surface area contributed by atoms with Crippen LogP contribution in [0.4, 0.5) is 0 Å². The SMILES string of the molecule is CCOc1ccc2nc(C(C#N)=Cc3cccc(O)c3)[nH]c(=O)c2c1. The molecule has 2 aromatic carbocycles. The third kappa shape index (κ3) is 3.51. The molecule has 6 nitrogen and oxygen atoms in total. The summed E-state index contributed by atoms with van der Waals surface area (Å²) in [5.74, 6) is 0.854. The number of ether oxygens (including phenoxy) is 1. The smallest absolute Gasteiger partial charge is 0.259 e. The number of nitrogens with one attached hydrogen (secondary N) is 1. The van der Waals surface area contributed by atoms with Crippen LogP contribution in [-0.4, -0.2) is 21.7 Å². The van der Waals surface area contributed by atoms with Crippen molar-refractivity contribution in [1.29, 1.82) is 5.26 Å². The number of hydrogen-bond donors (Lipinski definition) is 2. The van der Waals surface area contributed by atoms with Crippen molar-refractivity contribution in [3.63, 3.8) is 0 Å². The van der Waals surface area contributed by atoms with Gasteiger partial charge in [0.1, 0.15) is 17.6 Å². The highest BCUT2D eigenvalue weighted by molar-refractivity contribution is 5.89. The number of benzene rings is 2. The molecule has 3 rings (SSSR count). The summed E-state index contributed by atoms with van der Waals surface area (Å²) in [4.78, 5) is 19.3. The van der Waals surface area contributed by atoms with Gasteiger partial charge in [0.2, 0.25) is 0 Å². The molecule has 1 heterocycles. The molecule has 0 amide bonds. The number of allylic oxidation sites excluding steroid dienone is 1. The maximum Gasteiger partial charge on any atom is 0.259 e. The number of aromatic nitrogens is 2. The number of nitriles is 1. The Balaban J connectivity index is 2.10. The van der Waals surface area contributed by atoms with Crippen LogP contribution in [0.15, 0.2) is 47.3 Å². The highest BCUT2D eigenvalue weighted by Gasteiger charge is 2.09. The van der Waals surface area contributed by atoms with Crippen LogP contribution in [0, 0.1) is 11.3 Å². The number of aromatic amines is 1. The van der Waals surface area contributed by atoms with Gasteiger partial charge in [0.25, 0.3) is 5.56 Å². The molecule has 0 aliphatic carbocycles. The molecule has 3 aromatic rings. The second kappa shape index (κ2) is 6.89. The monoisotopic (exact) mass is 333 g/mol. The summed E-state index contributed by atoms with van der Waals surface area (Å²) in [6.45, 7) is 2.36. The lowest BCUT2D eigenvalue weighted by Crippen LogP contribution is -2.11. The van der Waals surface area contributed by atoms with Crippen molar-refractivity contribution in [2.24, 2.45) is 0 Å². The number of phenols is 1. The predicted molar refractivity (Wildman–Crippen MR) is 95.1 cm³/mol. The van der Waals surface area contributed by atoms with Gasteiger partial charge in [0.05, 0.1) is 23.1 Å². The van der Waals surface area contributed by atoms with Gasteiger partial charge < -0.3 is 14.8 Å². The van der Waals surface area contributed by atoms with Gasteiger partial charge in [0, 0.05) is 0 Å². The lowest BCUT2D eigenvalue weighted by atomic mass is 10.1. The van der Waals surface area contributed by atoms with Crippen LogP contribution in [0.3, 0.4) is 0 Å². The van der Waals surface area contributed by atoms with Gasteiger partial charge in [-0.15, -0.1) is 0 Å². The van der Waals surface area contributed by atoms with Crippen LogP contribution in [0.2, 0.25) is 0 Å². The molecule has 1 aromatic heterocycles. The Bertz CT molecular complexity index is 1060. The summed E-state index contributed by atoms with van der Waals surface area (Å²) in [7, 11) is 0. The van der Waals surface area contributed by atoms with Gasteiger partial charge in [-0.2, -0.15) is 5.26 Å². The average molecular weight is 333 g/mol. The van der Waals surface area contributed by atoms with E-state index >= 15 is 0 Å². The second-order valence-corrected chi connectivity index (χ2v) is 5.29. The molecule has 0 aliphatic heterocycles. The minimum atomic E-state index is -0.349. The predicted octanol–water partition coefficient (Wildman–Crippen LogP) is 3.09. The zero-order chi connectivity index (χ0) is 17.8. The highest BCUT2D eigenvalue weighted by atomic mass is 16.5. The molecule has 0 bridgehead atoms. The maximum atomic E-state index is 12.4. The minimum Gasteiger partial charge on any atom is -0.508 e. The number of H-pyrrole nitrogens is 1. The van der Waals surface area contributed by atoms with E-state index in [0.29, 0.717) is 28.8 Å². The van der Waals surface area contributed by atoms with Gasteiger partial charge in [-0.05, 0) is 48.9 Å². The molecule has 0 saturated heterocycles. The van der Waals surface area contributed by atoms with Crippen molar-refractivity contribution in [2.75, 3.05) is 6.61 Å². The van der Waals surface area contributed by atoms with Crippen molar-refractivity contribution >= 4 is 22.6 Å². The van der Waals surface area contributed by atoms with Crippen molar-refractivity contribution < 1.29 is 9.84 Å². The Morgan fingerprint density at radius 3 is 2.92 bits per heavy atom. The fourth-order valence-electron chi connectivity index (χ4n) is 2.44. The molecular weight excluding hydrogens is 318 g/mol. The van der Waals surface area contributed by atoms with E-state index in [4.69, 9.17) is 4.74 Å². The molecule has 0 saturated carbocycles. The number of fused-ring (bicyclic) bond motifs is 1. The summed E-state index contributed by atoms with van der Waals surface area (Å²) in [6, 6.07) is 13.5. The normalized spacial score (nSPS) is 11.3. The fourth-order valence-corrected chi connectivity index (χ4v) is 2.44. The molecule has 6 heteroatoms. The Morgan fingerprint density at radius 1 is 1.36 bits per heavy atom. The molecule has 0 aliphatic rings. The molecule has 25 heavy (non-hydrogen) atoms. The summed E-state index contributed by atoms with van der Waals surface area (Å²) >= 11 is 0. The number of phenolic OH excluding ortho intramolecular Hbond substituents is 1. The number of aromatic hydroxyl groups is 1. The molecule has 2 N–H and O–H groups in total. The van der Waals surface area contributed by atoms with E-state index in [-0.39, 0.29) is 22.7 Å². The summed E-state index contributed by atoms with van der Waals surface area (Å²) < 4.78 is 5.39. The van der Waals surface area contributed by atoms with Crippen LogP contribution in [-0.2, 0) is 0 Å². The zero-order valence-corrected chi connectivity index (χ0v) is 13.5. The van der Waals surface area contributed by atoms with Crippen LogP contribution in [0.5, 0.6) is 11.5 Å². The van der Waals surface area contributed by atoms with Crippen LogP contribution < -0.4 is 10.3 Å². The maximum absolute atomic E-state index is 12.4. The quantitative estimate of drug-likeness (QED) is 0.715. The largest absolute Gasteiger partial charge is 0.508 e. The van der Waals surface area contributed by atoms with Gasteiger partial charge >= 0.3 is 0 Å². The van der Waals surface area contributed by atoms with Crippen molar-refractivity contribution in [2.45, 2.75) is 6.92 Å². The number of hydrogen-bond acceptors (Lipinski definition) is 5. The fraction of sp³-hybridized carbons (Fsp3) is 0.105. The summed E-state index contributed by atoms with van der Waals surface area (Å²) in [5, 5.41) is 19.3. The zero-order valence-electron chi connectivity index (χ0n) is 13.5. The van der Waals surface area contributed by atoms with Crippen molar-refractivity contribution in [3.8, 4) is 17.6 Å². The highest BCUT2D eigenvalue weighted by Crippen LogP contribution is 2.20. The van der Waals surface area contributed by atoms with E-state index in [2.05, 4.69) is 9.97 Å². The molecule has 124 valence electrons. The topological polar surface area (TPSA) is 99.0 Å². The Hall–Kier alpha value is -3.59. The first-order chi connectivity index (χ1) is 12.1. The minimum absolute atomic E-state index is 0.0921. The number of rotatable bonds is 4. The first kappa shape index (κ1) is 16.3. The van der Waals surface area contributed by atoms with E-state index in [1.165, 1.54) is 12.1 Å². The summed E-state index contributed by atoms with van der Waals surface area (Å²) in [5.41, 5.74) is 0.947. The van der Waals surface area contributed by atoms with Gasteiger partial charge in [-0.3, -0.25) is 4.79 Å². The molecule has 0 unspecified atom stereocenters. The van der Waals surface area contributed by atoms with Gasteiger partial charge in [-0.1, -0.05) is 12.1 Å². The lowest BCUT2D eigenvalue weighted by Gasteiger charge is -2.05. The number of nitrogens with zero attached hydrogens (tertiary/aromatic N) is 2. The van der Waals surface area contributed by atoms with Crippen LogP contribution >= 0.6 is 0 Å². The third-order valence-electron chi connectivity index (χ3n) is 3.54. The molecular formula is C19H15N3O3. The Morgan fingerprint density at radius 2 is 2.20 bits per heavy atom. The van der Waals surface area contributed by atoms with E-state index in [0.717, 1.165) is 0 Å². The Labute approximate surface area is 143 Å². The van der Waals surface area contributed by atoms with E-state index in [1.54, 1.807) is 36.4 Å². The first-order valence-electron chi connectivity index (χ1n) is 7.69. The molecule has 0 atom stereocenters. The van der Waals surface area contributed by atoms with Gasteiger partial charge in [-0.25, -0.2) is 4.98 Å². The van der Waals surface area contributed by atoms with Crippen LogP contribution in [0.25, 0.3) is 22.6 Å². The lowest BCUT2D eigenvalue weighted by molar-refractivity contribution is 0.340. The van der Waals surface area contributed by atoms with E-state index < -0.39 is 0 Å². The van der Waals surface area contributed by atoms with Crippen molar-refractivity contribution in [3.05, 3.63) is 64.2 Å². The third-order valence-corrected chi connectivity index (χ3v) is 3.54. The second-order valence-electron chi connectivity index (χ2n) is 5.29. The van der Waals surface area contributed by atoms with Crippen LogP contribution in [0.1, 0.15) is 18.3 Å². The first-order valence-corrected chi connectivity index (χ1v) is 7.69. The Kier molecular flexibility index (Phi) is 4.48. The average Bonchev–Trinajstić information content (AvgIpc) is 2.60. The summed E-state index contributed by atoms with van der Waals surface area (Å²) in [6.07, 6.45) is 1.55. The molecule has 0 fully saturated rings. The van der Waals surface area contributed by atoms with E-state index in [9.17, 15) is 15.2 Å². The van der Waals surface area contributed by atoms with Crippen molar-refractivity contribution in [1.82, 2.24) is 9.97 Å².